The van der Waals surface area contributed by atoms with Gasteiger partial charge in [0.25, 0.3) is 0 Å². The van der Waals surface area contributed by atoms with Crippen molar-refractivity contribution in [2.75, 3.05) is 6.54 Å². The minimum atomic E-state index is 0.527. The summed E-state index contributed by atoms with van der Waals surface area (Å²) in [4.78, 5) is 0. The molecule has 0 aromatic heterocycles. The molecule has 1 atom stereocenters. The van der Waals surface area contributed by atoms with Gasteiger partial charge in [-0.25, -0.2) is 0 Å². The van der Waals surface area contributed by atoms with Gasteiger partial charge in [0.2, 0.25) is 0 Å². The van der Waals surface area contributed by atoms with Crippen molar-refractivity contribution >= 4 is 15.9 Å². The van der Waals surface area contributed by atoms with Gasteiger partial charge in [0.15, 0.2) is 0 Å². The minimum absolute atomic E-state index is 0.527. The molecule has 0 aliphatic heterocycles. The van der Waals surface area contributed by atoms with Crippen LogP contribution in [-0.4, -0.2) is 18.6 Å². The van der Waals surface area contributed by atoms with Gasteiger partial charge in [0.05, 0.1) is 0 Å². The van der Waals surface area contributed by atoms with Crippen molar-refractivity contribution in [3.8, 4) is 0 Å². The second-order valence-corrected chi connectivity index (χ2v) is 5.90. The topological polar surface area (TPSA) is 24.1 Å². The average Bonchev–Trinajstić information content (AvgIpc) is 3.12. The first-order valence-electron chi connectivity index (χ1n) is 6.37. The Balaban J connectivity index is 1.73. The Morgan fingerprint density at radius 2 is 2.18 bits per heavy atom. The first-order chi connectivity index (χ1) is 8.15. The SMILES string of the molecule is Cc1cc(CNC(C)CNC2CC2)ccc1Br. The van der Waals surface area contributed by atoms with E-state index in [4.69, 9.17) is 0 Å². The fourth-order valence-electron chi connectivity index (χ4n) is 1.81. The number of rotatable bonds is 6. The van der Waals surface area contributed by atoms with E-state index in [0.717, 1.165) is 19.1 Å². The molecular weight excluding hydrogens is 276 g/mol. The lowest BCUT2D eigenvalue weighted by Crippen LogP contribution is -2.36. The van der Waals surface area contributed by atoms with E-state index in [-0.39, 0.29) is 0 Å². The summed E-state index contributed by atoms with van der Waals surface area (Å²) in [5.41, 5.74) is 2.65. The summed E-state index contributed by atoms with van der Waals surface area (Å²) in [6.45, 7) is 6.38. The van der Waals surface area contributed by atoms with Gasteiger partial charge in [0, 0.05) is 29.6 Å². The van der Waals surface area contributed by atoms with Crippen LogP contribution in [0, 0.1) is 6.92 Å². The number of aryl methyl sites for hydroxylation is 1. The van der Waals surface area contributed by atoms with Gasteiger partial charge in [-0.05, 0) is 43.9 Å². The predicted octanol–water partition coefficient (Wildman–Crippen LogP) is 2.99. The first kappa shape index (κ1) is 13.1. The lowest BCUT2D eigenvalue weighted by molar-refractivity contribution is 0.500. The first-order valence-corrected chi connectivity index (χ1v) is 7.16. The third kappa shape index (κ3) is 4.41. The molecule has 1 aliphatic carbocycles. The molecule has 0 bridgehead atoms. The van der Waals surface area contributed by atoms with E-state index < -0.39 is 0 Å². The Hall–Kier alpha value is -0.380. The van der Waals surface area contributed by atoms with Crippen molar-refractivity contribution in [2.45, 2.75) is 45.3 Å². The van der Waals surface area contributed by atoms with E-state index >= 15 is 0 Å². The summed E-state index contributed by atoms with van der Waals surface area (Å²) in [5.74, 6) is 0. The molecule has 2 N–H and O–H groups in total. The molecule has 1 fully saturated rings. The molecule has 1 aliphatic rings. The number of benzene rings is 1. The van der Waals surface area contributed by atoms with E-state index in [0.29, 0.717) is 6.04 Å². The Kier molecular flexibility index (Phi) is 4.60. The molecule has 17 heavy (non-hydrogen) atoms. The third-order valence-corrected chi connectivity index (χ3v) is 4.06. The summed E-state index contributed by atoms with van der Waals surface area (Å²) < 4.78 is 1.18. The molecule has 0 radical (unpaired) electrons. The average molecular weight is 297 g/mol. The molecule has 0 saturated heterocycles. The largest absolute Gasteiger partial charge is 0.312 e. The number of nitrogens with one attached hydrogen (secondary N) is 2. The maximum atomic E-state index is 3.55. The van der Waals surface area contributed by atoms with Crippen LogP contribution >= 0.6 is 15.9 Å². The lowest BCUT2D eigenvalue weighted by atomic mass is 10.1. The van der Waals surface area contributed by atoms with Gasteiger partial charge in [-0.2, -0.15) is 0 Å². The highest BCUT2D eigenvalue weighted by Gasteiger charge is 2.20. The molecule has 1 unspecified atom stereocenters. The van der Waals surface area contributed by atoms with Crippen molar-refractivity contribution in [1.29, 1.82) is 0 Å². The molecule has 1 saturated carbocycles. The molecule has 1 aromatic carbocycles. The van der Waals surface area contributed by atoms with Crippen LogP contribution in [0.3, 0.4) is 0 Å². The molecule has 0 spiro atoms. The molecule has 94 valence electrons. The molecular formula is C14H21BrN2. The Bertz CT molecular complexity index is 374. The molecule has 0 heterocycles. The predicted molar refractivity (Wildman–Crippen MR) is 76.2 cm³/mol. The van der Waals surface area contributed by atoms with Crippen molar-refractivity contribution in [1.82, 2.24) is 10.6 Å². The van der Waals surface area contributed by atoms with E-state index in [1.54, 1.807) is 0 Å². The van der Waals surface area contributed by atoms with E-state index in [9.17, 15) is 0 Å². The van der Waals surface area contributed by atoms with Gasteiger partial charge in [-0.15, -0.1) is 0 Å². The zero-order chi connectivity index (χ0) is 12.3. The minimum Gasteiger partial charge on any atom is -0.312 e. The van der Waals surface area contributed by atoms with E-state index in [1.165, 1.54) is 28.4 Å². The molecule has 3 heteroatoms. The zero-order valence-electron chi connectivity index (χ0n) is 10.6. The maximum Gasteiger partial charge on any atom is 0.0208 e. The Labute approximate surface area is 112 Å². The number of hydrogen-bond donors (Lipinski definition) is 2. The van der Waals surface area contributed by atoms with Crippen LogP contribution in [0.15, 0.2) is 22.7 Å². The maximum absolute atomic E-state index is 3.55. The van der Waals surface area contributed by atoms with Crippen LogP contribution in [-0.2, 0) is 6.54 Å². The van der Waals surface area contributed by atoms with Crippen LogP contribution in [0.2, 0.25) is 0 Å². The Morgan fingerprint density at radius 3 is 2.82 bits per heavy atom. The number of halogens is 1. The summed E-state index contributed by atoms with van der Waals surface area (Å²) in [5, 5.41) is 7.09. The molecule has 1 aromatic rings. The van der Waals surface area contributed by atoms with Crippen LogP contribution in [0.5, 0.6) is 0 Å². The molecule has 2 rings (SSSR count). The van der Waals surface area contributed by atoms with Crippen molar-refractivity contribution in [2.24, 2.45) is 0 Å². The summed E-state index contributed by atoms with van der Waals surface area (Å²) in [6.07, 6.45) is 2.72. The fraction of sp³-hybridized carbons (Fsp3) is 0.571. The smallest absolute Gasteiger partial charge is 0.0208 e. The normalized spacial score (nSPS) is 17.1. The van der Waals surface area contributed by atoms with Gasteiger partial charge in [0.1, 0.15) is 0 Å². The van der Waals surface area contributed by atoms with Crippen LogP contribution < -0.4 is 10.6 Å². The fourth-order valence-corrected chi connectivity index (χ4v) is 2.06. The third-order valence-electron chi connectivity index (χ3n) is 3.17. The van der Waals surface area contributed by atoms with Crippen LogP contribution in [0.4, 0.5) is 0 Å². The summed E-state index contributed by atoms with van der Waals surface area (Å²) in [6, 6.07) is 7.86. The van der Waals surface area contributed by atoms with Gasteiger partial charge in [-0.3, -0.25) is 0 Å². The highest BCUT2D eigenvalue weighted by Crippen LogP contribution is 2.18. The number of hydrogen-bond acceptors (Lipinski definition) is 2. The summed E-state index contributed by atoms with van der Waals surface area (Å²) >= 11 is 3.53. The van der Waals surface area contributed by atoms with Crippen LogP contribution in [0.25, 0.3) is 0 Å². The second kappa shape index (κ2) is 5.98. The van der Waals surface area contributed by atoms with Gasteiger partial charge >= 0.3 is 0 Å². The second-order valence-electron chi connectivity index (χ2n) is 5.05. The van der Waals surface area contributed by atoms with Crippen molar-refractivity contribution in [3.05, 3.63) is 33.8 Å². The molecule has 0 amide bonds. The highest BCUT2D eigenvalue weighted by atomic mass is 79.9. The standard InChI is InChI=1S/C14H21BrN2/c1-10-7-12(3-6-14(10)15)9-16-11(2)8-17-13-4-5-13/h3,6-7,11,13,16-17H,4-5,8-9H2,1-2H3. The van der Waals surface area contributed by atoms with E-state index in [2.05, 4.69) is 58.6 Å². The van der Waals surface area contributed by atoms with E-state index in [1.807, 2.05) is 0 Å². The quantitative estimate of drug-likeness (QED) is 0.843. The Morgan fingerprint density at radius 1 is 1.41 bits per heavy atom. The zero-order valence-corrected chi connectivity index (χ0v) is 12.2. The lowest BCUT2D eigenvalue weighted by Gasteiger charge is -2.15. The summed E-state index contributed by atoms with van der Waals surface area (Å²) in [7, 11) is 0. The van der Waals surface area contributed by atoms with Crippen LogP contribution in [0.1, 0.15) is 30.9 Å². The van der Waals surface area contributed by atoms with Gasteiger partial charge in [-0.1, -0.05) is 28.1 Å². The van der Waals surface area contributed by atoms with Crippen molar-refractivity contribution in [3.63, 3.8) is 0 Å². The molecule has 2 nitrogen and oxygen atoms in total. The highest BCUT2D eigenvalue weighted by molar-refractivity contribution is 9.10. The monoisotopic (exact) mass is 296 g/mol. The van der Waals surface area contributed by atoms with Gasteiger partial charge < -0.3 is 10.6 Å². The van der Waals surface area contributed by atoms with Crippen molar-refractivity contribution < 1.29 is 0 Å².